The van der Waals surface area contributed by atoms with Crippen LogP contribution in [0.15, 0.2) is 72.8 Å². The zero-order valence-electron chi connectivity index (χ0n) is 29.3. The normalized spacial score (nSPS) is 30.0. The number of hydrogen-bond acceptors (Lipinski definition) is 4. The van der Waals surface area contributed by atoms with Crippen molar-refractivity contribution in [2.45, 2.75) is 109 Å². The Bertz CT molecular complexity index is 1520. The van der Waals surface area contributed by atoms with Crippen LogP contribution in [0.4, 0.5) is 11.5 Å². The Morgan fingerprint density at radius 1 is 0.915 bits per heavy atom. The summed E-state index contributed by atoms with van der Waals surface area (Å²) < 4.78 is 8.50. The molecule has 3 aromatic rings. The number of carbonyl (C=O) groups excluding carboxylic acids is 1. The molecule has 2 aromatic carbocycles. The summed E-state index contributed by atoms with van der Waals surface area (Å²) in [4.78, 5) is 21.7. The molecule has 4 fully saturated rings. The summed E-state index contributed by atoms with van der Waals surface area (Å²) in [5.41, 5.74) is 1.72. The van der Waals surface area contributed by atoms with Gasteiger partial charge in [0.1, 0.15) is 6.04 Å². The fraction of sp³-hybridized carbons (Fsp3) is 0.550. The Balaban J connectivity index is 1.10. The number of nitrogens with zero attached hydrogens (tertiary/aromatic N) is 3. The number of anilines is 1. The summed E-state index contributed by atoms with van der Waals surface area (Å²) in [5.74, 6) is 1.50. The molecule has 4 aliphatic rings. The molecular formula is C40H55N4O2Si+. The van der Waals surface area contributed by atoms with Crippen molar-refractivity contribution in [2.75, 3.05) is 31.1 Å². The number of benzene rings is 2. The van der Waals surface area contributed by atoms with Crippen molar-refractivity contribution >= 4 is 36.1 Å². The molecule has 7 rings (SSSR count). The first-order valence-electron chi connectivity index (χ1n) is 18.3. The lowest BCUT2D eigenvalue weighted by Gasteiger charge is -2.47. The number of aryl methyl sites for hydroxylation is 1. The second-order valence-corrected chi connectivity index (χ2v) is 20.3. The van der Waals surface area contributed by atoms with Gasteiger partial charge in [0.05, 0.1) is 29.4 Å². The zero-order valence-corrected chi connectivity index (χ0v) is 30.3. The van der Waals surface area contributed by atoms with Crippen molar-refractivity contribution in [3.63, 3.8) is 0 Å². The maximum atomic E-state index is 14.3. The molecular weight excluding hydrogens is 597 g/mol. The first kappa shape index (κ1) is 32.7. The van der Waals surface area contributed by atoms with Gasteiger partial charge in [-0.2, -0.15) is 4.98 Å². The molecule has 3 saturated heterocycles. The number of carbonyl (C=O) groups is 1. The molecule has 0 radical (unpaired) electrons. The van der Waals surface area contributed by atoms with E-state index in [4.69, 9.17) is 9.41 Å². The van der Waals surface area contributed by atoms with Gasteiger partial charge in [0.25, 0.3) is 8.32 Å². The van der Waals surface area contributed by atoms with Gasteiger partial charge < -0.3 is 14.6 Å². The van der Waals surface area contributed by atoms with Crippen molar-refractivity contribution in [1.29, 1.82) is 0 Å². The molecule has 1 saturated carbocycles. The van der Waals surface area contributed by atoms with Gasteiger partial charge in [-0.3, -0.25) is 9.28 Å². The molecule has 3 atom stereocenters. The Labute approximate surface area is 283 Å². The summed E-state index contributed by atoms with van der Waals surface area (Å²) in [7, 11) is -2.63. The highest BCUT2D eigenvalue weighted by Crippen LogP contribution is 2.49. The van der Waals surface area contributed by atoms with Gasteiger partial charge in [0.15, 0.2) is 0 Å². The van der Waals surface area contributed by atoms with Gasteiger partial charge in [0.2, 0.25) is 11.7 Å². The Morgan fingerprint density at radius 2 is 1.57 bits per heavy atom. The summed E-state index contributed by atoms with van der Waals surface area (Å²) >= 11 is 0. The van der Waals surface area contributed by atoms with Crippen molar-refractivity contribution in [3.05, 3.63) is 78.5 Å². The number of pyridine rings is 1. The Hall–Kier alpha value is -2.84. The Morgan fingerprint density at radius 3 is 2.11 bits per heavy atom. The molecule has 1 amide bonds. The lowest BCUT2D eigenvalue weighted by molar-refractivity contribution is -0.128. The predicted molar refractivity (Wildman–Crippen MR) is 196 cm³/mol. The lowest BCUT2D eigenvalue weighted by Crippen LogP contribution is -2.68. The third-order valence-electron chi connectivity index (χ3n) is 12.5. The summed E-state index contributed by atoms with van der Waals surface area (Å²) in [6.07, 6.45) is 8.42. The number of aromatic nitrogens is 1. The Kier molecular flexibility index (Phi) is 8.73. The molecule has 1 spiro atoms. The molecule has 6 nitrogen and oxygen atoms in total. The van der Waals surface area contributed by atoms with Crippen molar-refractivity contribution in [3.8, 4) is 0 Å². The zero-order chi connectivity index (χ0) is 32.9. The molecule has 3 aliphatic heterocycles. The van der Waals surface area contributed by atoms with Crippen LogP contribution in [0.2, 0.25) is 5.04 Å². The van der Waals surface area contributed by atoms with Gasteiger partial charge in [-0.25, -0.2) is 0 Å². The predicted octanol–water partition coefficient (Wildman–Crippen LogP) is 6.48. The third-order valence-corrected chi connectivity index (χ3v) is 17.6. The van der Waals surface area contributed by atoms with E-state index >= 15 is 0 Å². The summed E-state index contributed by atoms with van der Waals surface area (Å²) in [6, 6.07) is 27.5. The molecule has 7 heteroatoms. The van der Waals surface area contributed by atoms with E-state index in [9.17, 15) is 4.79 Å². The van der Waals surface area contributed by atoms with Crippen LogP contribution in [0, 0.1) is 12.3 Å². The van der Waals surface area contributed by atoms with E-state index in [1.54, 1.807) is 0 Å². The van der Waals surface area contributed by atoms with Crippen LogP contribution in [0.25, 0.3) is 0 Å². The third kappa shape index (κ3) is 5.42. The van der Waals surface area contributed by atoms with Crippen LogP contribution in [-0.2, 0) is 9.22 Å². The van der Waals surface area contributed by atoms with E-state index in [-0.39, 0.29) is 16.6 Å². The van der Waals surface area contributed by atoms with Gasteiger partial charge in [-0.15, -0.1) is 0 Å². The highest BCUT2D eigenvalue weighted by atomic mass is 28.4. The smallest absolute Gasteiger partial charge is 0.261 e. The fourth-order valence-electron chi connectivity index (χ4n) is 9.98. The van der Waals surface area contributed by atoms with E-state index in [1.807, 2.05) is 0 Å². The minimum absolute atomic E-state index is 0.0522. The van der Waals surface area contributed by atoms with E-state index in [0.717, 1.165) is 67.6 Å². The van der Waals surface area contributed by atoms with Crippen LogP contribution in [0.3, 0.4) is 0 Å². The molecule has 47 heavy (non-hydrogen) atoms. The number of quaternary nitrogens is 1. The number of amides is 1. The summed E-state index contributed by atoms with van der Waals surface area (Å²) in [5, 5.41) is 6.21. The van der Waals surface area contributed by atoms with Crippen LogP contribution < -0.4 is 25.1 Å². The van der Waals surface area contributed by atoms with E-state index in [1.165, 1.54) is 42.0 Å². The lowest BCUT2D eigenvalue weighted by atomic mass is 9.72. The second-order valence-electron chi connectivity index (χ2n) is 16.0. The van der Waals surface area contributed by atoms with Crippen LogP contribution in [-0.4, -0.2) is 63.6 Å². The van der Waals surface area contributed by atoms with Crippen LogP contribution in [0.1, 0.15) is 84.8 Å². The van der Waals surface area contributed by atoms with Gasteiger partial charge >= 0.3 is 0 Å². The maximum Gasteiger partial charge on any atom is 0.261 e. The molecule has 250 valence electrons. The van der Waals surface area contributed by atoms with Crippen molar-refractivity contribution < 1.29 is 9.22 Å². The van der Waals surface area contributed by atoms with Gasteiger partial charge in [0, 0.05) is 51.1 Å². The van der Waals surface area contributed by atoms with Crippen LogP contribution >= 0.6 is 0 Å². The quantitative estimate of drug-likeness (QED) is 0.235. The number of nitrogens with one attached hydrogen (secondary N) is 1. The molecule has 1 aromatic heterocycles. The van der Waals surface area contributed by atoms with Crippen molar-refractivity contribution in [2.24, 2.45) is 5.41 Å². The van der Waals surface area contributed by atoms with Crippen LogP contribution in [0.5, 0.6) is 0 Å². The van der Waals surface area contributed by atoms with Crippen molar-refractivity contribution in [1.82, 2.24) is 14.8 Å². The second kappa shape index (κ2) is 12.6. The largest absolute Gasteiger partial charge is 0.404 e. The number of hydrogen-bond donors (Lipinski definition) is 1. The minimum atomic E-state index is -2.63. The monoisotopic (exact) mass is 651 g/mol. The first-order chi connectivity index (χ1) is 22.6. The molecule has 4 heterocycles. The molecule has 0 bridgehead atoms. The maximum absolute atomic E-state index is 14.3. The molecule has 1 N–H and O–H groups in total. The summed E-state index contributed by atoms with van der Waals surface area (Å²) in [6.45, 7) is 15.7. The van der Waals surface area contributed by atoms with E-state index in [0.29, 0.717) is 18.0 Å². The molecule has 1 unspecified atom stereocenters. The standard InChI is InChI=1S/C40H55N4O2Si/c1-30-13-12-28-44(30,32-22-26-41-29-32)37-19-18-36(31(2)42-37)43-27-25-40(38(43)45)23-20-33(21-24-40)46-47(39(3,4)5,34-14-8-6-9-15-34)35-16-10-7-11-17-35/h6-11,14-19,30,32-33,41H,12-13,20-29H2,1-5H3/q+1/t30-,32+,33?,40?,44?/m0/s1. The van der Waals surface area contributed by atoms with E-state index < -0.39 is 8.32 Å². The van der Waals surface area contributed by atoms with E-state index in [2.05, 4.69) is 118 Å². The topological polar surface area (TPSA) is 54.5 Å². The first-order valence-corrected chi connectivity index (χ1v) is 20.2. The average Bonchev–Trinajstić information content (AvgIpc) is 3.82. The highest BCUT2D eigenvalue weighted by Gasteiger charge is 2.55. The van der Waals surface area contributed by atoms with Gasteiger partial charge in [-0.1, -0.05) is 81.4 Å². The average molecular weight is 652 g/mol. The number of likely N-dealkylation sites (tertiary alicyclic amines) is 1. The fourth-order valence-corrected chi connectivity index (χ4v) is 14.7. The van der Waals surface area contributed by atoms with Gasteiger partial charge in [-0.05, 0) is 67.4 Å². The SMILES string of the molecule is Cc1nc([N+]2([C@@H]3CCNC3)CCC[C@@H]2C)ccc1N1CCC2(CCC(O[Si](c3ccccc3)(c3ccccc3)C(C)(C)C)CC2)C1=O. The molecule has 1 aliphatic carbocycles. The minimum Gasteiger partial charge on any atom is -0.404 e. The number of rotatable bonds is 7. The highest BCUT2D eigenvalue weighted by molar-refractivity contribution is 6.99.